The van der Waals surface area contributed by atoms with Crippen molar-refractivity contribution in [3.8, 4) is 0 Å². The van der Waals surface area contributed by atoms with E-state index in [4.69, 9.17) is 9.15 Å². The summed E-state index contributed by atoms with van der Waals surface area (Å²) in [6.07, 6.45) is 6.68. The Hall–Kier alpha value is -1.33. The first-order chi connectivity index (χ1) is 11.2. The molecule has 3 heterocycles. The van der Waals surface area contributed by atoms with E-state index >= 15 is 0 Å². The lowest BCUT2D eigenvalue weighted by atomic mass is 9.77. The predicted molar refractivity (Wildman–Crippen MR) is 88.0 cm³/mol. The molecule has 0 saturated carbocycles. The SMILES string of the molecule is CC[C@@H]1N(Cc2ccco2)CCC[C@]12CCC(=O)N2CCOC. The van der Waals surface area contributed by atoms with Crippen molar-refractivity contribution in [2.45, 2.75) is 57.2 Å². The average molecular weight is 320 g/mol. The van der Waals surface area contributed by atoms with E-state index in [1.807, 2.05) is 12.1 Å². The number of nitrogens with zero attached hydrogens (tertiary/aromatic N) is 2. The van der Waals surface area contributed by atoms with E-state index in [-0.39, 0.29) is 5.54 Å². The van der Waals surface area contributed by atoms with Gasteiger partial charge in [0.15, 0.2) is 0 Å². The van der Waals surface area contributed by atoms with Crippen LogP contribution in [0.4, 0.5) is 0 Å². The van der Waals surface area contributed by atoms with Crippen molar-refractivity contribution in [1.82, 2.24) is 9.80 Å². The van der Waals surface area contributed by atoms with Crippen molar-refractivity contribution in [3.63, 3.8) is 0 Å². The normalized spacial score (nSPS) is 28.9. The van der Waals surface area contributed by atoms with Crippen LogP contribution in [0.1, 0.15) is 44.8 Å². The molecular weight excluding hydrogens is 292 g/mol. The van der Waals surface area contributed by atoms with Gasteiger partial charge in [-0.15, -0.1) is 0 Å². The molecule has 3 rings (SSSR count). The fraction of sp³-hybridized carbons (Fsp3) is 0.722. The van der Waals surface area contributed by atoms with Gasteiger partial charge in [0.05, 0.1) is 25.0 Å². The molecule has 5 heteroatoms. The summed E-state index contributed by atoms with van der Waals surface area (Å²) in [7, 11) is 1.70. The Balaban J connectivity index is 1.82. The molecule has 0 radical (unpaired) electrons. The number of piperidine rings is 1. The molecule has 1 aromatic rings. The van der Waals surface area contributed by atoms with Gasteiger partial charge >= 0.3 is 0 Å². The van der Waals surface area contributed by atoms with Crippen LogP contribution in [0, 0.1) is 0 Å². The third-order valence-corrected chi connectivity index (χ3v) is 5.57. The molecular formula is C18H28N2O3. The van der Waals surface area contributed by atoms with E-state index in [2.05, 4.69) is 16.7 Å². The van der Waals surface area contributed by atoms with Gasteiger partial charge in [-0.25, -0.2) is 0 Å². The molecule has 0 N–H and O–H groups in total. The number of carbonyl (C=O) groups excluding carboxylic acids is 1. The van der Waals surface area contributed by atoms with Gasteiger partial charge in [-0.2, -0.15) is 0 Å². The summed E-state index contributed by atoms with van der Waals surface area (Å²) >= 11 is 0. The van der Waals surface area contributed by atoms with E-state index in [0.717, 1.165) is 44.5 Å². The third kappa shape index (κ3) is 3.04. The van der Waals surface area contributed by atoms with Gasteiger partial charge in [0.1, 0.15) is 5.76 Å². The van der Waals surface area contributed by atoms with E-state index in [9.17, 15) is 4.79 Å². The monoisotopic (exact) mass is 320 g/mol. The minimum absolute atomic E-state index is 0.0186. The molecule has 0 unspecified atom stereocenters. The Morgan fingerprint density at radius 2 is 2.30 bits per heavy atom. The van der Waals surface area contributed by atoms with Gasteiger partial charge in [-0.1, -0.05) is 6.92 Å². The van der Waals surface area contributed by atoms with E-state index < -0.39 is 0 Å². The standard InChI is InChI=1S/C18H28N2O3/c1-3-16-18(9-7-17(21)20(18)11-13-22-2)8-5-10-19(16)14-15-6-4-12-23-15/h4,6,12,16H,3,5,7-11,13-14H2,1-2H3/t16-,18-/m0/s1. The van der Waals surface area contributed by atoms with Crippen molar-refractivity contribution in [3.05, 3.63) is 24.2 Å². The van der Waals surface area contributed by atoms with E-state index in [0.29, 0.717) is 31.5 Å². The van der Waals surface area contributed by atoms with Gasteiger partial charge in [0, 0.05) is 26.1 Å². The smallest absolute Gasteiger partial charge is 0.223 e. The van der Waals surface area contributed by atoms with Gasteiger partial charge in [-0.3, -0.25) is 9.69 Å². The summed E-state index contributed by atoms with van der Waals surface area (Å²) in [6, 6.07) is 4.38. The van der Waals surface area contributed by atoms with Gasteiger partial charge < -0.3 is 14.1 Å². The number of likely N-dealkylation sites (tertiary alicyclic amines) is 2. The molecule has 1 spiro atoms. The van der Waals surface area contributed by atoms with Crippen LogP contribution in [0.2, 0.25) is 0 Å². The molecule has 2 aliphatic heterocycles. The van der Waals surface area contributed by atoms with Crippen molar-refractivity contribution >= 4 is 5.91 Å². The highest BCUT2D eigenvalue weighted by Crippen LogP contribution is 2.43. The molecule has 1 amide bonds. The molecule has 5 nitrogen and oxygen atoms in total. The van der Waals surface area contributed by atoms with Crippen molar-refractivity contribution < 1.29 is 13.9 Å². The van der Waals surface area contributed by atoms with Crippen LogP contribution in [0.15, 0.2) is 22.8 Å². The average Bonchev–Trinajstić information content (AvgIpc) is 3.16. The van der Waals surface area contributed by atoms with E-state index in [1.165, 1.54) is 0 Å². The number of amides is 1. The zero-order chi connectivity index (χ0) is 16.3. The number of furan rings is 1. The van der Waals surface area contributed by atoms with Gasteiger partial charge in [0.2, 0.25) is 5.91 Å². The first-order valence-corrected chi connectivity index (χ1v) is 8.77. The highest BCUT2D eigenvalue weighted by Gasteiger charge is 2.52. The second-order valence-corrected chi connectivity index (χ2v) is 6.72. The molecule has 2 atom stereocenters. The lowest BCUT2D eigenvalue weighted by Crippen LogP contribution is -2.63. The predicted octanol–water partition coefficient (Wildman–Crippen LogP) is 2.66. The molecule has 1 aromatic heterocycles. The number of carbonyl (C=O) groups is 1. The van der Waals surface area contributed by atoms with Crippen molar-refractivity contribution in [1.29, 1.82) is 0 Å². The molecule has 0 aromatic carbocycles. The fourth-order valence-electron chi connectivity index (χ4n) is 4.66. The maximum absolute atomic E-state index is 12.5. The Bertz CT molecular complexity index is 516. The molecule has 0 bridgehead atoms. The van der Waals surface area contributed by atoms with Gasteiger partial charge in [0.25, 0.3) is 0 Å². The maximum Gasteiger partial charge on any atom is 0.223 e. The highest BCUT2D eigenvalue weighted by molar-refractivity contribution is 5.80. The minimum Gasteiger partial charge on any atom is -0.468 e. The zero-order valence-corrected chi connectivity index (χ0v) is 14.3. The molecule has 0 aliphatic carbocycles. The number of hydrogen-bond acceptors (Lipinski definition) is 4. The van der Waals surface area contributed by atoms with E-state index in [1.54, 1.807) is 13.4 Å². The van der Waals surface area contributed by atoms with Crippen LogP contribution in [0.3, 0.4) is 0 Å². The first-order valence-electron chi connectivity index (χ1n) is 8.77. The van der Waals surface area contributed by atoms with Crippen LogP contribution in [0.25, 0.3) is 0 Å². The van der Waals surface area contributed by atoms with Crippen LogP contribution >= 0.6 is 0 Å². The summed E-state index contributed by atoms with van der Waals surface area (Å²) in [5.41, 5.74) is -0.0186. The second kappa shape index (κ2) is 7.05. The molecule has 128 valence electrons. The minimum atomic E-state index is -0.0186. The lowest BCUT2D eigenvalue weighted by molar-refractivity contribution is -0.136. The van der Waals surface area contributed by atoms with Crippen LogP contribution in [-0.4, -0.2) is 54.1 Å². The summed E-state index contributed by atoms with van der Waals surface area (Å²) in [5.74, 6) is 1.30. The quantitative estimate of drug-likeness (QED) is 0.808. The zero-order valence-electron chi connectivity index (χ0n) is 14.3. The van der Waals surface area contributed by atoms with Crippen molar-refractivity contribution in [2.75, 3.05) is 26.8 Å². The molecule has 23 heavy (non-hydrogen) atoms. The van der Waals surface area contributed by atoms with Crippen molar-refractivity contribution in [2.24, 2.45) is 0 Å². The first kappa shape index (κ1) is 16.5. The van der Waals surface area contributed by atoms with Crippen LogP contribution in [-0.2, 0) is 16.1 Å². The third-order valence-electron chi connectivity index (χ3n) is 5.57. The number of rotatable bonds is 6. The number of hydrogen-bond donors (Lipinski definition) is 0. The van der Waals surface area contributed by atoms with Crippen LogP contribution in [0.5, 0.6) is 0 Å². The Morgan fingerprint density at radius 1 is 1.43 bits per heavy atom. The lowest BCUT2D eigenvalue weighted by Gasteiger charge is -2.52. The largest absolute Gasteiger partial charge is 0.468 e. The Labute approximate surface area is 138 Å². The summed E-state index contributed by atoms with van der Waals surface area (Å²) < 4.78 is 10.8. The Morgan fingerprint density at radius 3 is 3.00 bits per heavy atom. The topological polar surface area (TPSA) is 45.9 Å². The maximum atomic E-state index is 12.5. The molecule has 2 fully saturated rings. The highest BCUT2D eigenvalue weighted by atomic mass is 16.5. The van der Waals surface area contributed by atoms with Crippen LogP contribution < -0.4 is 0 Å². The molecule has 2 saturated heterocycles. The number of ether oxygens (including phenoxy) is 1. The summed E-state index contributed by atoms with van der Waals surface area (Å²) in [5, 5.41) is 0. The molecule has 2 aliphatic rings. The van der Waals surface area contributed by atoms with Gasteiger partial charge in [-0.05, 0) is 44.4 Å². The Kier molecular flexibility index (Phi) is 5.07. The summed E-state index contributed by atoms with van der Waals surface area (Å²) in [4.78, 5) is 17.1. The number of methoxy groups -OCH3 is 1. The summed E-state index contributed by atoms with van der Waals surface area (Å²) in [6.45, 7) is 5.47. The second-order valence-electron chi connectivity index (χ2n) is 6.72. The fourth-order valence-corrected chi connectivity index (χ4v) is 4.66.